The molecule has 1 aliphatic rings. The monoisotopic (exact) mass is 945 g/mol. The molecule has 330 valence electrons. The molecule has 0 radical (unpaired) electrons. The van der Waals surface area contributed by atoms with Gasteiger partial charge in [-0.1, -0.05) is 64.4 Å². The summed E-state index contributed by atoms with van der Waals surface area (Å²) in [5.41, 5.74) is 0.434. The molecule has 0 unspecified atom stereocenters. The molecule has 0 saturated heterocycles. The first-order valence-corrected chi connectivity index (χ1v) is 21.4. The van der Waals surface area contributed by atoms with Crippen molar-refractivity contribution in [3.05, 3.63) is 135 Å². The van der Waals surface area contributed by atoms with E-state index in [0.717, 1.165) is 12.1 Å². The van der Waals surface area contributed by atoms with E-state index in [0.29, 0.717) is 45.7 Å². The summed E-state index contributed by atoms with van der Waals surface area (Å²) in [6.45, 7) is 0. The van der Waals surface area contributed by atoms with E-state index in [9.17, 15) is 32.5 Å². The highest BCUT2D eigenvalue weighted by Crippen LogP contribution is 2.46. The Bertz CT molecular complexity index is 3410. The fourth-order valence-corrected chi connectivity index (χ4v) is 8.86. The number of aromatic nitrogens is 4. The first-order chi connectivity index (χ1) is 31.8. The quantitative estimate of drug-likeness (QED) is 0.0134. The Kier molecular flexibility index (Phi) is 12.6. The SMILES string of the molecule is C#Cc1cccc(C#C)c1Nc1nc(O)nc(Nc2cc(Nc3ccc4c5c3C(=O)c3ccccc3-c5c(C(=O)c3cccc(SOOO)c3)c(=O)n4C)c(SOOO)cc2S(=O)(=O)O)n1. The molecule has 0 amide bonds. The molecule has 2 aromatic heterocycles. The van der Waals surface area contributed by atoms with Crippen LogP contribution in [-0.2, 0) is 35.9 Å². The standard InChI is InChI=1S/C43H27N7O13S3/c1-4-21-10-8-11-22(5-2)37(21)46-42-47-41(48-43(54)49-42)45-29-19-28(31(65-63-61-56)20-32(29)66(57,58)59)44-27-16-17-30-35-33(25-14-6-7-15-26(25)39(52)34(27)35)36(40(53)50(30)3)38(51)23-12-9-13-24(18-23)64-62-60-55/h1-2,6-20,44,55-56H,3H3,(H,57,58,59)(H3,45,46,47,48,49,54). The average Bonchev–Trinajstić information content (AvgIpc) is 3.30. The Morgan fingerprint density at radius 3 is 2.11 bits per heavy atom. The van der Waals surface area contributed by atoms with E-state index in [-0.39, 0.29) is 66.6 Å². The molecular weight excluding hydrogens is 919 g/mol. The summed E-state index contributed by atoms with van der Waals surface area (Å²) in [5, 5.41) is 44.6. The van der Waals surface area contributed by atoms with Crippen LogP contribution in [0.2, 0.25) is 0 Å². The number of fused-ring (bicyclic) bond motifs is 2. The van der Waals surface area contributed by atoms with Crippen LogP contribution in [0.25, 0.3) is 22.0 Å². The van der Waals surface area contributed by atoms with Crippen molar-refractivity contribution in [1.29, 1.82) is 0 Å². The van der Waals surface area contributed by atoms with Gasteiger partial charge < -0.3 is 25.6 Å². The highest BCUT2D eigenvalue weighted by atomic mass is 32.2. The van der Waals surface area contributed by atoms with Crippen LogP contribution in [0.1, 0.15) is 43.0 Å². The largest absolute Gasteiger partial charge is 0.479 e. The first kappa shape index (κ1) is 44.9. The van der Waals surface area contributed by atoms with E-state index in [1.165, 1.54) is 48.0 Å². The number of benzene rings is 5. The van der Waals surface area contributed by atoms with Crippen LogP contribution in [0.5, 0.6) is 6.01 Å². The molecule has 23 heteroatoms. The van der Waals surface area contributed by atoms with Gasteiger partial charge in [0.1, 0.15) is 4.90 Å². The van der Waals surface area contributed by atoms with Crippen LogP contribution in [-0.4, -0.2) is 59.7 Å². The maximum absolute atomic E-state index is 14.7. The molecule has 2 heterocycles. The molecule has 5 aromatic carbocycles. The lowest BCUT2D eigenvalue weighted by molar-refractivity contribution is -0.432. The van der Waals surface area contributed by atoms with Crippen LogP contribution in [0, 0.1) is 24.7 Å². The molecule has 0 spiro atoms. The lowest BCUT2D eigenvalue weighted by Crippen LogP contribution is -2.29. The number of aromatic hydroxyl groups is 1. The fraction of sp³-hybridized carbons (Fsp3) is 0.0233. The summed E-state index contributed by atoms with van der Waals surface area (Å²) in [7, 11) is -3.67. The zero-order valence-electron chi connectivity index (χ0n) is 33.3. The normalized spacial score (nSPS) is 11.7. The van der Waals surface area contributed by atoms with E-state index in [1.807, 2.05) is 0 Å². The number of hydrogen-bond donors (Lipinski definition) is 7. The van der Waals surface area contributed by atoms with Crippen molar-refractivity contribution in [3.63, 3.8) is 0 Å². The molecular formula is C43H27N7O13S3. The van der Waals surface area contributed by atoms with Crippen molar-refractivity contribution in [2.24, 2.45) is 7.05 Å². The molecule has 8 rings (SSSR count). The summed E-state index contributed by atoms with van der Waals surface area (Å²) in [6, 6.07) is 21.4. The molecule has 0 aliphatic heterocycles. The van der Waals surface area contributed by atoms with Gasteiger partial charge in [0.15, 0.2) is 11.6 Å². The third-order valence-electron chi connectivity index (χ3n) is 9.98. The Morgan fingerprint density at radius 1 is 0.758 bits per heavy atom. The number of ketones is 2. The van der Waals surface area contributed by atoms with Gasteiger partial charge in [-0.05, 0) is 54.1 Å². The van der Waals surface area contributed by atoms with Crippen LogP contribution in [0.15, 0.2) is 110 Å². The molecule has 7 aromatic rings. The average molecular weight is 946 g/mol. The van der Waals surface area contributed by atoms with Gasteiger partial charge >= 0.3 is 6.01 Å². The van der Waals surface area contributed by atoms with E-state index >= 15 is 0 Å². The summed E-state index contributed by atoms with van der Waals surface area (Å²) < 4.78 is 46.7. The zero-order valence-corrected chi connectivity index (χ0v) is 35.7. The molecule has 0 saturated carbocycles. The van der Waals surface area contributed by atoms with Crippen molar-refractivity contribution in [3.8, 4) is 41.8 Å². The molecule has 0 bridgehead atoms. The van der Waals surface area contributed by atoms with Gasteiger partial charge in [-0.25, -0.2) is 10.5 Å². The number of aryl methyl sites for hydroxylation is 1. The third-order valence-corrected chi connectivity index (χ3v) is 12.1. The van der Waals surface area contributed by atoms with Crippen molar-refractivity contribution in [2.45, 2.75) is 14.7 Å². The summed E-state index contributed by atoms with van der Waals surface area (Å²) in [6.07, 6.45) is 11.3. The highest BCUT2D eigenvalue weighted by Gasteiger charge is 2.34. The zero-order chi connectivity index (χ0) is 46.9. The number of nitrogens with one attached hydrogen (secondary N) is 3. The number of hydrogen-bond acceptors (Lipinski definition) is 20. The van der Waals surface area contributed by atoms with Crippen molar-refractivity contribution >= 4 is 91.3 Å². The van der Waals surface area contributed by atoms with Crippen molar-refractivity contribution < 1.29 is 56.9 Å². The van der Waals surface area contributed by atoms with Gasteiger partial charge in [-0.2, -0.15) is 23.4 Å². The Labute approximate surface area is 380 Å². The first-order valence-electron chi connectivity index (χ1n) is 18.5. The van der Waals surface area contributed by atoms with Crippen LogP contribution in [0.3, 0.4) is 0 Å². The molecule has 66 heavy (non-hydrogen) atoms. The van der Waals surface area contributed by atoms with E-state index in [2.05, 4.69) is 61.5 Å². The number of anilines is 6. The summed E-state index contributed by atoms with van der Waals surface area (Å²) in [4.78, 5) is 54.8. The number of carbonyl (C=O) groups is 2. The predicted molar refractivity (Wildman–Crippen MR) is 239 cm³/mol. The maximum Gasteiger partial charge on any atom is 0.320 e. The number of pyridine rings is 1. The van der Waals surface area contributed by atoms with Gasteiger partial charge in [-0.3, -0.25) is 18.9 Å². The lowest BCUT2D eigenvalue weighted by atomic mass is 9.80. The second-order valence-electron chi connectivity index (χ2n) is 13.7. The van der Waals surface area contributed by atoms with E-state index in [4.69, 9.17) is 23.4 Å². The predicted octanol–water partition coefficient (Wildman–Crippen LogP) is 7.17. The smallest absolute Gasteiger partial charge is 0.320 e. The molecule has 20 nitrogen and oxygen atoms in total. The Hall–Kier alpha value is -7.65. The molecule has 0 atom stereocenters. The van der Waals surface area contributed by atoms with Crippen molar-refractivity contribution in [1.82, 2.24) is 19.5 Å². The van der Waals surface area contributed by atoms with E-state index in [1.54, 1.807) is 42.5 Å². The minimum absolute atomic E-state index is 0.0102. The van der Waals surface area contributed by atoms with Gasteiger partial charge in [0.05, 0.1) is 68.4 Å². The van der Waals surface area contributed by atoms with Crippen LogP contribution >= 0.6 is 24.1 Å². The molecule has 0 fully saturated rings. The second kappa shape index (κ2) is 18.4. The minimum atomic E-state index is -5.11. The third kappa shape index (κ3) is 8.52. The lowest BCUT2D eigenvalue weighted by Gasteiger charge is -2.26. The Morgan fingerprint density at radius 2 is 1.42 bits per heavy atom. The summed E-state index contributed by atoms with van der Waals surface area (Å²) in [5.74, 6) is 2.98. The number of rotatable bonds is 15. The van der Waals surface area contributed by atoms with Crippen LogP contribution in [0.4, 0.5) is 34.6 Å². The number of para-hydroxylation sites is 1. The maximum atomic E-state index is 14.7. The van der Waals surface area contributed by atoms with Gasteiger partial charge in [0, 0.05) is 45.1 Å². The molecule has 7 N–H and O–H groups in total. The number of carbonyl (C=O) groups excluding carboxylic acids is 2. The van der Waals surface area contributed by atoms with Gasteiger partial charge in [0.25, 0.3) is 15.7 Å². The van der Waals surface area contributed by atoms with Gasteiger partial charge in [-0.15, -0.1) is 21.5 Å². The number of terminal acetylenes is 2. The molecule has 1 aliphatic carbocycles. The van der Waals surface area contributed by atoms with Crippen LogP contribution < -0.4 is 21.5 Å². The van der Waals surface area contributed by atoms with Gasteiger partial charge in [0.2, 0.25) is 11.9 Å². The van der Waals surface area contributed by atoms with E-state index < -0.39 is 49.8 Å². The summed E-state index contributed by atoms with van der Waals surface area (Å²) >= 11 is 0.899. The topological polar surface area (TPSA) is 283 Å². The number of nitrogens with zero attached hydrogens (tertiary/aromatic N) is 4. The van der Waals surface area contributed by atoms with Crippen molar-refractivity contribution in [2.75, 3.05) is 16.0 Å². The Balaban J connectivity index is 1.29. The minimum Gasteiger partial charge on any atom is -0.479 e. The fourth-order valence-electron chi connectivity index (χ4n) is 7.25. The second-order valence-corrected chi connectivity index (χ2v) is 16.6. The highest BCUT2D eigenvalue weighted by molar-refractivity contribution is 7.95.